The lowest BCUT2D eigenvalue weighted by molar-refractivity contribution is -0.130. The standard InChI is InChI=1S/C14H14ClN3O2/c15-12-3-1-2-4-13(12)17-10-11(9-16)14(19)18-5-7-20-8-6-18/h1-4,10,17H,5-8H2/b11-10-. The van der Waals surface area contributed by atoms with Crippen molar-refractivity contribution in [2.24, 2.45) is 0 Å². The summed E-state index contributed by atoms with van der Waals surface area (Å²) in [5.41, 5.74) is 0.698. The van der Waals surface area contributed by atoms with Crippen LogP contribution in [0.5, 0.6) is 0 Å². The highest BCUT2D eigenvalue weighted by Gasteiger charge is 2.20. The van der Waals surface area contributed by atoms with E-state index in [0.29, 0.717) is 37.0 Å². The number of benzene rings is 1. The van der Waals surface area contributed by atoms with E-state index < -0.39 is 0 Å². The molecule has 5 nitrogen and oxygen atoms in total. The average Bonchev–Trinajstić information content (AvgIpc) is 2.50. The Balaban J connectivity index is 2.08. The van der Waals surface area contributed by atoms with Crippen LogP contribution in [-0.2, 0) is 9.53 Å². The van der Waals surface area contributed by atoms with Gasteiger partial charge in [0, 0.05) is 19.3 Å². The van der Waals surface area contributed by atoms with Gasteiger partial charge in [-0.25, -0.2) is 0 Å². The molecule has 0 saturated carbocycles. The van der Waals surface area contributed by atoms with Gasteiger partial charge in [0.25, 0.3) is 5.91 Å². The molecule has 1 saturated heterocycles. The Morgan fingerprint density at radius 3 is 2.75 bits per heavy atom. The highest BCUT2D eigenvalue weighted by atomic mass is 35.5. The van der Waals surface area contributed by atoms with Gasteiger partial charge in [0.2, 0.25) is 0 Å². The van der Waals surface area contributed by atoms with Crippen molar-refractivity contribution in [3.05, 3.63) is 41.1 Å². The number of nitriles is 1. The number of para-hydroxylation sites is 1. The molecule has 1 aliphatic heterocycles. The van der Waals surface area contributed by atoms with Crippen LogP contribution in [0.4, 0.5) is 5.69 Å². The smallest absolute Gasteiger partial charge is 0.266 e. The molecule has 0 atom stereocenters. The van der Waals surface area contributed by atoms with E-state index in [9.17, 15) is 4.79 Å². The third-order valence-electron chi connectivity index (χ3n) is 2.90. The maximum atomic E-state index is 12.1. The number of hydrogen-bond donors (Lipinski definition) is 1. The molecule has 20 heavy (non-hydrogen) atoms. The minimum absolute atomic E-state index is 0.0480. The van der Waals surface area contributed by atoms with Gasteiger partial charge in [0.1, 0.15) is 11.6 Å². The second-order valence-corrected chi connectivity index (χ2v) is 4.61. The number of nitrogens with one attached hydrogen (secondary N) is 1. The molecule has 1 N–H and O–H groups in total. The molecule has 0 radical (unpaired) electrons. The van der Waals surface area contributed by atoms with E-state index in [1.54, 1.807) is 23.1 Å². The number of amides is 1. The summed E-state index contributed by atoms with van der Waals surface area (Å²) in [6.45, 7) is 2.01. The van der Waals surface area contributed by atoms with E-state index >= 15 is 0 Å². The van der Waals surface area contributed by atoms with Crippen LogP contribution in [0.1, 0.15) is 0 Å². The molecular formula is C14H14ClN3O2. The van der Waals surface area contributed by atoms with Crippen molar-refractivity contribution in [2.75, 3.05) is 31.6 Å². The summed E-state index contributed by atoms with van der Waals surface area (Å²) in [4.78, 5) is 13.7. The SMILES string of the molecule is N#C/C(=C/Nc1ccccc1Cl)C(=O)N1CCOCC1. The third kappa shape index (κ3) is 3.50. The topological polar surface area (TPSA) is 65.4 Å². The summed E-state index contributed by atoms with van der Waals surface area (Å²) in [6, 6.07) is 9.04. The Hall–Kier alpha value is -2.03. The van der Waals surface area contributed by atoms with Gasteiger partial charge >= 0.3 is 0 Å². The summed E-state index contributed by atoms with van der Waals surface area (Å²) >= 11 is 5.99. The lowest BCUT2D eigenvalue weighted by Crippen LogP contribution is -2.41. The molecule has 1 heterocycles. The molecule has 1 amide bonds. The molecule has 0 bridgehead atoms. The first kappa shape index (κ1) is 14.4. The summed E-state index contributed by atoms with van der Waals surface area (Å²) in [6.07, 6.45) is 1.39. The maximum Gasteiger partial charge on any atom is 0.266 e. The molecule has 0 spiro atoms. The zero-order chi connectivity index (χ0) is 14.4. The number of carbonyl (C=O) groups excluding carboxylic acids is 1. The van der Waals surface area contributed by atoms with Crippen molar-refractivity contribution in [3.8, 4) is 6.07 Å². The lowest BCUT2D eigenvalue weighted by Gasteiger charge is -2.26. The molecule has 104 valence electrons. The van der Waals surface area contributed by atoms with Gasteiger partial charge in [-0.1, -0.05) is 23.7 Å². The maximum absolute atomic E-state index is 12.1. The van der Waals surface area contributed by atoms with Crippen LogP contribution in [-0.4, -0.2) is 37.1 Å². The zero-order valence-corrected chi connectivity index (χ0v) is 11.6. The monoisotopic (exact) mass is 291 g/mol. The third-order valence-corrected chi connectivity index (χ3v) is 3.22. The van der Waals surface area contributed by atoms with E-state index in [1.807, 2.05) is 12.1 Å². The quantitative estimate of drug-likeness (QED) is 0.683. The second kappa shape index (κ2) is 6.94. The largest absolute Gasteiger partial charge is 0.378 e. The van der Waals surface area contributed by atoms with Crippen LogP contribution in [0, 0.1) is 11.3 Å². The summed E-state index contributed by atoms with van der Waals surface area (Å²) in [5, 5.41) is 12.5. The Bertz CT molecular complexity index is 560. The van der Waals surface area contributed by atoms with Crippen LogP contribution in [0.15, 0.2) is 36.0 Å². The number of anilines is 1. The molecule has 1 fully saturated rings. The number of rotatable bonds is 3. The van der Waals surface area contributed by atoms with Crippen molar-refractivity contribution in [1.29, 1.82) is 5.26 Å². The van der Waals surface area contributed by atoms with Gasteiger partial charge in [-0.15, -0.1) is 0 Å². The highest BCUT2D eigenvalue weighted by molar-refractivity contribution is 6.33. The number of halogens is 1. The number of nitrogens with zero attached hydrogens (tertiary/aromatic N) is 2. The number of morpholine rings is 1. The summed E-state index contributed by atoms with van der Waals surface area (Å²) in [5.74, 6) is -0.296. The predicted molar refractivity (Wildman–Crippen MR) is 76.2 cm³/mol. The molecule has 1 aromatic carbocycles. The molecule has 1 aliphatic rings. The Morgan fingerprint density at radius 2 is 2.10 bits per heavy atom. The van der Waals surface area contributed by atoms with Gasteiger partial charge in [-0.3, -0.25) is 4.79 Å². The van der Waals surface area contributed by atoms with Crippen molar-refractivity contribution < 1.29 is 9.53 Å². The van der Waals surface area contributed by atoms with Crippen LogP contribution < -0.4 is 5.32 Å². The fourth-order valence-corrected chi connectivity index (χ4v) is 2.00. The number of hydrogen-bond acceptors (Lipinski definition) is 4. The van der Waals surface area contributed by atoms with E-state index in [1.165, 1.54) is 6.20 Å². The average molecular weight is 292 g/mol. The predicted octanol–water partition coefficient (Wildman–Crippen LogP) is 2.02. The zero-order valence-electron chi connectivity index (χ0n) is 10.8. The first-order valence-electron chi connectivity index (χ1n) is 6.20. The van der Waals surface area contributed by atoms with Crippen molar-refractivity contribution in [2.45, 2.75) is 0 Å². The van der Waals surface area contributed by atoms with Crippen molar-refractivity contribution >= 4 is 23.2 Å². The minimum Gasteiger partial charge on any atom is -0.378 e. The van der Waals surface area contributed by atoms with Gasteiger partial charge in [-0.2, -0.15) is 5.26 Å². The number of ether oxygens (including phenoxy) is 1. The molecule has 0 unspecified atom stereocenters. The minimum atomic E-state index is -0.296. The highest BCUT2D eigenvalue weighted by Crippen LogP contribution is 2.20. The summed E-state index contributed by atoms with van der Waals surface area (Å²) in [7, 11) is 0. The van der Waals surface area contributed by atoms with E-state index in [2.05, 4.69) is 5.32 Å². The normalized spacial score (nSPS) is 15.6. The van der Waals surface area contributed by atoms with Gasteiger partial charge in [0.05, 0.1) is 23.9 Å². The Morgan fingerprint density at radius 1 is 1.40 bits per heavy atom. The molecule has 6 heteroatoms. The second-order valence-electron chi connectivity index (χ2n) is 4.20. The fraction of sp³-hybridized carbons (Fsp3) is 0.286. The van der Waals surface area contributed by atoms with E-state index in [-0.39, 0.29) is 11.5 Å². The molecule has 1 aromatic rings. The number of carbonyl (C=O) groups is 1. The lowest BCUT2D eigenvalue weighted by atomic mass is 10.2. The molecule has 0 aromatic heterocycles. The van der Waals surface area contributed by atoms with Crippen LogP contribution in [0.2, 0.25) is 5.02 Å². The van der Waals surface area contributed by atoms with Gasteiger partial charge in [-0.05, 0) is 12.1 Å². The van der Waals surface area contributed by atoms with Crippen molar-refractivity contribution in [1.82, 2.24) is 4.90 Å². The molecule has 0 aliphatic carbocycles. The van der Waals surface area contributed by atoms with E-state index in [0.717, 1.165) is 0 Å². The first-order valence-corrected chi connectivity index (χ1v) is 6.58. The first-order chi connectivity index (χ1) is 9.72. The molecule has 2 rings (SSSR count). The Kier molecular flexibility index (Phi) is 4.99. The molecular weight excluding hydrogens is 278 g/mol. The summed E-state index contributed by atoms with van der Waals surface area (Å²) < 4.78 is 5.18. The van der Waals surface area contributed by atoms with Gasteiger partial charge in [0.15, 0.2) is 0 Å². The van der Waals surface area contributed by atoms with Crippen LogP contribution in [0.3, 0.4) is 0 Å². The van der Waals surface area contributed by atoms with Gasteiger partial charge < -0.3 is 15.0 Å². The fourth-order valence-electron chi connectivity index (χ4n) is 1.81. The van der Waals surface area contributed by atoms with Crippen LogP contribution in [0.25, 0.3) is 0 Å². The van der Waals surface area contributed by atoms with Crippen molar-refractivity contribution in [3.63, 3.8) is 0 Å². The van der Waals surface area contributed by atoms with Crippen LogP contribution >= 0.6 is 11.6 Å². The van der Waals surface area contributed by atoms with E-state index in [4.69, 9.17) is 21.6 Å². The Labute approximate surface area is 122 Å².